The summed E-state index contributed by atoms with van der Waals surface area (Å²) in [6, 6.07) is 11.8. The second kappa shape index (κ2) is 5.71. The van der Waals surface area contributed by atoms with Crippen LogP contribution in [-0.2, 0) is 11.3 Å². The van der Waals surface area contributed by atoms with E-state index in [4.69, 9.17) is 9.84 Å². The SMILES string of the molecule is CNCc1c(O[C@H](C)C(=O)O)ccc2ccccc12. The van der Waals surface area contributed by atoms with E-state index in [1.54, 1.807) is 0 Å². The number of benzene rings is 2. The van der Waals surface area contributed by atoms with E-state index in [0.29, 0.717) is 12.3 Å². The lowest BCUT2D eigenvalue weighted by atomic mass is 10.0. The highest BCUT2D eigenvalue weighted by atomic mass is 16.5. The fourth-order valence-corrected chi connectivity index (χ4v) is 2.03. The normalized spacial score (nSPS) is 12.3. The van der Waals surface area contributed by atoms with E-state index in [-0.39, 0.29) is 0 Å². The molecule has 0 aliphatic heterocycles. The molecule has 0 amide bonds. The summed E-state index contributed by atoms with van der Waals surface area (Å²) in [5.41, 5.74) is 0.980. The lowest BCUT2D eigenvalue weighted by Crippen LogP contribution is -2.24. The van der Waals surface area contributed by atoms with E-state index in [1.165, 1.54) is 6.92 Å². The van der Waals surface area contributed by atoms with Gasteiger partial charge in [-0.05, 0) is 30.8 Å². The van der Waals surface area contributed by atoms with Crippen LogP contribution in [0.15, 0.2) is 36.4 Å². The summed E-state index contributed by atoms with van der Waals surface area (Å²) in [5, 5.41) is 14.2. The standard InChI is InChI=1S/C15H17NO3/c1-10(15(17)18)19-14-8-7-11-5-3-4-6-12(11)13(14)9-16-2/h3-8,10,16H,9H2,1-2H3,(H,17,18)/t10-/m1/s1. The average Bonchev–Trinajstić information content (AvgIpc) is 2.41. The second-order valence-electron chi connectivity index (χ2n) is 4.39. The number of hydrogen-bond donors (Lipinski definition) is 2. The van der Waals surface area contributed by atoms with E-state index < -0.39 is 12.1 Å². The van der Waals surface area contributed by atoms with Crippen LogP contribution in [0.3, 0.4) is 0 Å². The number of carbonyl (C=O) groups is 1. The Morgan fingerprint density at radius 2 is 2.05 bits per heavy atom. The molecule has 0 spiro atoms. The summed E-state index contributed by atoms with van der Waals surface area (Å²) in [6.45, 7) is 2.16. The van der Waals surface area contributed by atoms with Gasteiger partial charge in [-0.1, -0.05) is 30.3 Å². The van der Waals surface area contributed by atoms with E-state index in [1.807, 2.05) is 43.4 Å². The number of rotatable bonds is 5. The summed E-state index contributed by atoms with van der Waals surface area (Å²) >= 11 is 0. The fourth-order valence-electron chi connectivity index (χ4n) is 2.03. The molecule has 0 aliphatic rings. The van der Waals surface area contributed by atoms with Crippen molar-refractivity contribution in [3.63, 3.8) is 0 Å². The van der Waals surface area contributed by atoms with Gasteiger partial charge in [-0.25, -0.2) is 4.79 Å². The predicted octanol–water partition coefficient (Wildman–Crippen LogP) is 2.41. The highest BCUT2D eigenvalue weighted by molar-refractivity contribution is 5.88. The van der Waals surface area contributed by atoms with Crippen LogP contribution >= 0.6 is 0 Å². The van der Waals surface area contributed by atoms with Crippen LogP contribution < -0.4 is 10.1 Å². The van der Waals surface area contributed by atoms with Gasteiger partial charge >= 0.3 is 5.97 Å². The fraction of sp³-hybridized carbons (Fsp3) is 0.267. The quantitative estimate of drug-likeness (QED) is 0.865. The van der Waals surface area contributed by atoms with E-state index >= 15 is 0 Å². The van der Waals surface area contributed by atoms with Crippen LogP contribution in [0, 0.1) is 0 Å². The predicted molar refractivity (Wildman–Crippen MR) is 74.4 cm³/mol. The molecule has 4 heteroatoms. The Hall–Kier alpha value is -2.07. The smallest absolute Gasteiger partial charge is 0.344 e. The molecule has 2 aromatic rings. The van der Waals surface area contributed by atoms with Crippen LogP contribution in [0.2, 0.25) is 0 Å². The van der Waals surface area contributed by atoms with Gasteiger partial charge in [0.25, 0.3) is 0 Å². The zero-order valence-corrected chi connectivity index (χ0v) is 11.0. The molecule has 0 radical (unpaired) electrons. The Bertz CT molecular complexity index is 595. The molecule has 0 bridgehead atoms. The van der Waals surface area contributed by atoms with Crippen molar-refractivity contribution >= 4 is 16.7 Å². The van der Waals surface area contributed by atoms with Gasteiger partial charge in [0.2, 0.25) is 0 Å². The third kappa shape index (κ3) is 2.85. The Labute approximate surface area is 112 Å². The van der Waals surface area contributed by atoms with Crippen molar-refractivity contribution in [3.8, 4) is 5.75 Å². The number of fused-ring (bicyclic) bond motifs is 1. The zero-order valence-electron chi connectivity index (χ0n) is 11.0. The number of hydrogen-bond acceptors (Lipinski definition) is 3. The first-order valence-corrected chi connectivity index (χ1v) is 6.18. The number of ether oxygens (including phenoxy) is 1. The molecule has 0 aromatic heterocycles. The van der Waals surface area contributed by atoms with Crippen molar-refractivity contribution < 1.29 is 14.6 Å². The van der Waals surface area contributed by atoms with Crippen molar-refractivity contribution in [1.29, 1.82) is 0 Å². The molecule has 19 heavy (non-hydrogen) atoms. The highest BCUT2D eigenvalue weighted by Gasteiger charge is 2.16. The third-order valence-electron chi connectivity index (χ3n) is 3.00. The first-order chi connectivity index (χ1) is 9.13. The zero-order chi connectivity index (χ0) is 13.8. The molecule has 2 N–H and O–H groups in total. The molecule has 1 atom stereocenters. The van der Waals surface area contributed by atoms with Gasteiger partial charge < -0.3 is 15.2 Å². The van der Waals surface area contributed by atoms with Crippen LogP contribution in [0.4, 0.5) is 0 Å². The molecular weight excluding hydrogens is 242 g/mol. The van der Waals surface area contributed by atoms with E-state index in [2.05, 4.69) is 5.32 Å². The molecule has 0 unspecified atom stereocenters. The molecule has 0 saturated heterocycles. The summed E-state index contributed by atoms with van der Waals surface area (Å²) < 4.78 is 5.53. The van der Waals surface area contributed by atoms with Crippen molar-refractivity contribution in [2.24, 2.45) is 0 Å². The molecule has 100 valence electrons. The maximum absolute atomic E-state index is 10.9. The van der Waals surface area contributed by atoms with Gasteiger partial charge in [0, 0.05) is 12.1 Å². The summed E-state index contributed by atoms with van der Waals surface area (Å²) in [5.74, 6) is -0.355. The topological polar surface area (TPSA) is 58.6 Å². The second-order valence-corrected chi connectivity index (χ2v) is 4.39. The van der Waals surface area contributed by atoms with Crippen LogP contribution in [0.25, 0.3) is 10.8 Å². The molecule has 2 rings (SSSR count). The minimum Gasteiger partial charge on any atom is -0.479 e. The van der Waals surface area contributed by atoms with E-state index in [9.17, 15) is 4.79 Å². The third-order valence-corrected chi connectivity index (χ3v) is 3.00. The average molecular weight is 259 g/mol. The summed E-state index contributed by atoms with van der Waals surface area (Å²) in [4.78, 5) is 10.9. The lowest BCUT2D eigenvalue weighted by molar-refractivity contribution is -0.144. The maximum atomic E-state index is 10.9. The summed E-state index contributed by atoms with van der Waals surface area (Å²) in [7, 11) is 1.85. The Balaban J connectivity index is 2.48. The number of nitrogens with one attached hydrogen (secondary N) is 1. The lowest BCUT2D eigenvalue weighted by Gasteiger charge is -2.16. The first-order valence-electron chi connectivity index (χ1n) is 6.18. The van der Waals surface area contributed by atoms with Crippen molar-refractivity contribution in [2.75, 3.05) is 7.05 Å². The summed E-state index contributed by atoms with van der Waals surface area (Å²) in [6.07, 6.45) is -0.864. The Morgan fingerprint density at radius 3 is 2.74 bits per heavy atom. The van der Waals surface area contributed by atoms with Crippen molar-refractivity contribution in [2.45, 2.75) is 19.6 Å². The monoisotopic (exact) mass is 259 g/mol. The minimum absolute atomic E-state index is 0.614. The van der Waals surface area contributed by atoms with Crippen LogP contribution in [-0.4, -0.2) is 24.2 Å². The highest BCUT2D eigenvalue weighted by Crippen LogP contribution is 2.28. The van der Waals surface area contributed by atoms with Gasteiger partial charge in [-0.3, -0.25) is 0 Å². The minimum atomic E-state index is -0.969. The van der Waals surface area contributed by atoms with Gasteiger partial charge in [-0.2, -0.15) is 0 Å². The van der Waals surface area contributed by atoms with Gasteiger partial charge in [-0.15, -0.1) is 0 Å². The number of carboxylic acid groups (broad SMARTS) is 1. The molecular formula is C15H17NO3. The molecule has 0 saturated carbocycles. The molecule has 0 heterocycles. The first kappa shape index (κ1) is 13.4. The van der Waals surface area contributed by atoms with Gasteiger partial charge in [0.15, 0.2) is 6.10 Å². The van der Waals surface area contributed by atoms with E-state index in [0.717, 1.165) is 16.3 Å². The van der Waals surface area contributed by atoms with Gasteiger partial charge in [0.1, 0.15) is 5.75 Å². The molecule has 0 aliphatic carbocycles. The largest absolute Gasteiger partial charge is 0.479 e. The molecule has 0 fully saturated rings. The Morgan fingerprint density at radius 1 is 1.32 bits per heavy atom. The molecule has 4 nitrogen and oxygen atoms in total. The van der Waals surface area contributed by atoms with Crippen molar-refractivity contribution in [1.82, 2.24) is 5.32 Å². The van der Waals surface area contributed by atoms with Gasteiger partial charge in [0.05, 0.1) is 0 Å². The molecule has 2 aromatic carbocycles. The Kier molecular flexibility index (Phi) is 4.02. The van der Waals surface area contributed by atoms with Crippen molar-refractivity contribution in [3.05, 3.63) is 42.0 Å². The number of aliphatic carboxylic acids is 1. The van der Waals surface area contributed by atoms with Crippen LogP contribution in [0.1, 0.15) is 12.5 Å². The maximum Gasteiger partial charge on any atom is 0.344 e. The van der Waals surface area contributed by atoms with Crippen LogP contribution in [0.5, 0.6) is 5.75 Å². The number of carboxylic acids is 1.